The Morgan fingerprint density at radius 3 is 2.03 bits per heavy atom. The van der Waals surface area contributed by atoms with Gasteiger partial charge < -0.3 is 14.5 Å². The van der Waals surface area contributed by atoms with Gasteiger partial charge in [-0.05, 0) is 73.6 Å². The molecule has 2 amide bonds. The molecule has 2 aliphatic rings. The first-order valence-corrected chi connectivity index (χ1v) is 12.9. The average molecular weight is 543 g/mol. The molecule has 7 nitrogen and oxygen atoms in total. The molecule has 2 aromatic heterocycles. The molecule has 10 heteroatoms. The highest BCUT2D eigenvalue weighted by Gasteiger charge is 2.40. The maximum atomic E-state index is 14.1. The average Bonchev–Trinajstić information content (AvgIpc) is 2.91. The molecule has 1 spiro atoms. The largest absolute Gasteiger partial charge is 0.439 e. The second kappa shape index (κ2) is 10.6. The molecule has 0 radical (unpaired) electrons. The number of carbonyl (C=O) groups excluding carboxylic acids is 2. The number of hydrogen-bond acceptors (Lipinski definition) is 5. The van der Waals surface area contributed by atoms with Gasteiger partial charge in [0.1, 0.15) is 10.9 Å². The number of pyridine rings is 2. The summed E-state index contributed by atoms with van der Waals surface area (Å²) in [5.41, 5.74) is 0.640. The van der Waals surface area contributed by atoms with E-state index in [1.165, 1.54) is 18.3 Å². The highest BCUT2D eigenvalue weighted by Crippen LogP contribution is 2.42. The van der Waals surface area contributed by atoms with E-state index in [1.807, 2.05) is 4.90 Å². The molecule has 3 aromatic rings. The highest BCUT2D eigenvalue weighted by atomic mass is 35.5. The maximum absolute atomic E-state index is 14.1. The number of nitrogens with zero attached hydrogens (tertiary/aromatic N) is 4. The van der Waals surface area contributed by atoms with E-state index in [-0.39, 0.29) is 27.9 Å². The van der Waals surface area contributed by atoms with Gasteiger partial charge >= 0.3 is 0 Å². The van der Waals surface area contributed by atoms with E-state index in [0.29, 0.717) is 48.4 Å². The van der Waals surface area contributed by atoms with E-state index in [4.69, 9.17) is 27.9 Å². The van der Waals surface area contributed by atoms with Gasteiger partial charge in [0, 0.05) is 44.0 Å². The van der Waals surface area contributed by atoms with Crippen LogP contribution in [0.3, 0.4) is 0 Å². The van der Waals surface area contributed by atoms with Gasteiger partial charge in [-0.2, -0.15) is 4.39 Å². The number of halogens is 3. The maximum Gasteiger partial charge on any atom is 0.258 e. The minimum absolute atomic E-state index is 0.00987. The van der Waals surface area contributed by atoms with Crippen LogP contribution in [0.15, 0.2) is 54.7 Å². The van der Waals surface area contributed by atoms with Crippen LogP contribution in [-0.4, -0.2) is 57.8 Å². The third kappa shape index (κ3) is 5.70. The second-order valence-electron chi connectivity index (χ2n) is 9.50. The van der Waals surface area contributed by atoms with Gasteiger partial charge in [-0.1, -0.05) is 23.2 Å². The van der Waals surface area contributed by atoms with Crippen LogP contribution >= 0.6 is 23.2 Å². The van der Waals surface area contributed by atoms with E-state index < -0.39 is 5.95 Å². The molecule has 0 unspecified atom stereocenters. The number of carbonyl (C=O) groups is 2. The number of benzene rings is 1. The predicted molar refractivity (Wildman–Crippen MR) is 138 cm³/mol. The van der Waals surface area contributed by atoms with Crippen LogP contribution in [0.25, 0.3) is 0 Å². The van der Waals surface area contributed by atoms with Crippen LogP contribution in [0.4, 0.5) is 4.39 Å². The lowest BCUT2D eigenvalue weighted by molar-refractivity contribution is 0.0279. The quantitative estimate of drug-likeness (QED) is 0.385. The lowest BCUT2D eigenvalue weighted by Crippen LogP contribution is -2.49. The van der Waals surface area contributed by atoms with Gasteiger partial charge in [-0.15, -0.1) is 0 Å². The fourth-order valence-electron chi connectivity index (χ4n) is 5.00. The summed E-state index contributed by atoms with van der Waals surface area (Å²) in [5, 5.41) is 0.550. The molecule has 1 aromatic carbocycles. The third-order valence-corrected chi connectivity index (χ3v) is 7.73. The summed E-state index contributed by atoms with van der Waals surface area (Å²) in [6.07, 6.45) is 4.92. The summed E-state index contributed by atoms with van der Waals surface area (Å²) < 4.78 is 19.8. The highest BCUT2D eigenvalue weighted by molar-refractivity contribution is 6.30. The molecule has 2 fully saturated rings. The first-order chi connectivity index (χ1) is 17.8. The van der Waals surface area contributed by atoms with Crippen LogP contribution in [0.5, 0.6) is 11.6 Å². The normalized spacial score (nSPS) is 17.1. The summed E-state index contributed by atoms with van der Waals surface area (Å²) in [6.45, 7) is 2.43. The van der Waals surface area contributed by atoms with Crippen molar-refractivity contribution in [3.05, 3.63) is 82.0 Å². The second-order valence-corrected chi connectivity index (χ2v) is 10.3. The minimum atomic E-state index is -0.842. The van der Waals surface area contributed by atoms with Crippen molar-refractivity contribution < 1.29 is 18.7 Å². The molecule has 5 rings (SSSR count). The van der Waals surface area contributed by atoms with Crippen LogP contribution in [0.1, 0.15) is 46.4 Å². The van der Waals surface area contributed by atoms with E-state index in [9.17, 15) is 14.0 Å². The zero-order chi connectivity index (χ0) is 26.0. The predicted octanol–water partition coefficient (Wildman–Crippen LogP) is 5.87. The Morgan fingerprint density at radius 1 is 0.838 bits per heavy atom. The monoisotopic (exact) mass is 542 g/mol. The van der Waals surface area contributed by atoms with Crippen LogP contribution < -0.4 is 4.74 Å². The zero-order valence-corrected chi connectivity index (χ0v) is 21.5. The molecular weight excluding hydrogens is 518 g/mol. The Balaban J connectivity index is 1.13. The number of rotatable bonds is 4. The number of amides is 2. The van der Waals surface area contributed by atoms with Gasteiger partial charge in [-0.25, -0.2) is 9.97 Å². The molecular formula is C27H25Cl2FN4O3. The van der Waals surface area contributed by atoms with E-state index >= 15 is 0 Å². The van der Waals surface area contributed by atoms with Crippen molar-refractivity contribution in [1.29, 1.82) is 0 Å². The Morgan fingerprint density at radius 2 is 1.46 bits per heavy atom. The minimum Gasteiger partial charge on any atom is -0.439 e. The lowest BCUT2D eigenvalue weighted by atomic mass is 9.71. The number of likely N-dealkylation sites (tertiary alicyclic amines) is 2. The lowest BCUT2D eigenvalue weighted by Gasteiger charge is -2.46. The number of hydrogen-bond donors (Lipinski definition) is 0. The summed E-state index contributed by atoms with van der Waals surface area (Å²) in [5.74, 6) is -0.203. The molecule has 0 bridgehead atoms. The Hall–Kier alpha value is -3.23. The van der Waals surface area contributed by atoms with Gasteiger partial charge in [0.2, 0.25) is 11.8 Å². The van der Waals surface area contributed by atoms with Crippen LogP contribution in [0, 0.1) is 11.4 Å². The molecule has 0 aliphatic carbocycles. The van der Waals surface area contributed by atoms with Gasteiger partial charge in [0.25, 0.3) is 11.8 Å². The SMILES string of the molecule is O=C(c1ccc(Oc2ccc(Cl)cn2)cc1)N1CCC2(CC1)CCN(C(=O)c1ccc(Cl)nc1F)CC2. The number of ether oxygens (including phenoxy) is 1. The summed E-state index contributed by atoms with van der Waals surface area (Å²) in [6, 6.07) is 13.2. The van der Waals surface area contributed by atoms with Crippen molar-refractivity contribution in [3.63, 3.8) is 0 Å². The van der Waals surface area contributed by atoms with E-state index in [1.54, 1.807) is 41.3 Å². The van der Waals surface area contributed by atoms with Crippen molar-refractivity contribution in [2.24, 2.45) is 5.41 Å². The molecule has 2 aliphatic heterocycles. The summed E-state index contributed by atoms with van der Waals surface area (Å²) >= 11 is 11.6. The first-order valence-electron chi connectivity index (χ1n) is 12.1. The topological polar surface area (TPSA) is 75.6 Å². The van der Waals surface area contributed by atoms with E-state index in [2.05, 4.69) is 9.97 Å². The van der Waals surface area contributed by atoms with Gasteiger partial charge in [-0.3, -0.25) is 9.59 Å². The Bertz CT molecular complexity index is 1290. The molecule has 4 heterocycles. The molecule has 37 heavy (non-hydrogen) atoms. The zero-order valence-electron chi connectivity index (χ0n) is 20.0. The third-order valence-electron chi connectivity index (χ3n) is 7.29. The van der Waals surface area contributed by atoms with Gasteiger partial charge in [0.15, 0.2) is 0 Å². The molecule has 192 valence electrons. The molecule has 2 saturated heterocycles. The van der Waals surface area contributed by atoms with Crippen LogP contribution in [0.2, 0.25) is 10.2 Å². The van der Waals surface area contributed by atoms with Crippen molar-refractivity contribution >= 4 is 35.0 Å². The Labute approximate surface area is 224 Å². The van der Waals surface area contributed by atoms with Crippen molar-refractivity contribution in [1.82, 2.24) is 19.8 Å². The molecule has 0 saturated carbocycles. The molecule has 0 atom stereocenters. The number of piperidine rings is 2. The van der Waals surface area contributed by atoms with Crippen LogP contribution in [-0.2, 0) is 0 Å². The smallest absolute Gasteiger partial charge is 0.258 e. The Kier molecular flexibility index (Phi) is 7.31. The van der Waals surface area contributed by atoms with Crippen molar-refractivity contribution in [2.45, 2.75) is 25.7 Å². The fourth-order valence-corrected chi connectivity index (χ4v) is 5.25. The van der Waals surface area contributed by atoms with Crippen molar-refractivity contribution in [2.75, 3.05) is 26.2 Å². The van der Waals surface area contributed by atoms with Gasteiger partial charge in [0.05, 0.1) is 10.6 Å². The number of aromatic nitrogens is 2. The first kappa shape index (κ1) is 25.4. The standard InChI is InChI=1S/C27H25Cl2FN4O3/c28-19-3-8-23(31-17-19)37-20-4-1-18(2-5-20)25(35)33-13-9-27(10-14-33)11-15-34(16-12-27)26(36)21-6-7-22(29)32-24(21)30/h1-8,17H,9-16H2. The fraction of sp³-hybridized carbons (Fsp3) is 0.333. The summed E-state index contributed by atoms with van der Waals surface area (Å²) in [4.78, 5) is 37.1. The summed E-state index contributed by atoms with van der Waals surface area (Å²) in [7, 11) is 0. The van der Waals surface area contributed by atoms with Crippen molar-refractivity contribution in [3.8, 4) is 11.6 Å². The van der Waals surface area contributed by atoms with E-state index in [0.717, 1.165) is 25.7 Å². The molecule has 0 N–H and O–H groups in total.